The van der Waals surface area contributed by atoms with E-state index < -0.39 is 23.4 Å². The molecule has 0 aliphatic carbocycles. The molecule has 0 rings (SSSR count). The largest absolute Gasteiger partial charge is 0.360 e. The molecule has 0 spiro atoms. The highest BCUT2D eigenvalue weighted by molar-refractivity contribution is 7.74. The van der Waals surface area contributed by atoms with Crippen LogP contribution >= 0.6 is 0 Å². The molecule has 0 fully saturated rings. The van der Waals surface area contributed by atoms with Gasteiger partial charge >= 0.3 is 17.3 Å². The van der Waals surface area contributed by atoms with Gasteiger partial charge in [0, 0.05) is 0 Å². The lowest BCUT2D eigenvalue weighted by atomic mass is 10.4. The number of hydrogen-bond donors (Lipinski definition) is 2. The van der Waals surface area contributed by atoms with Crippen LogP contribution in [0.2, 0.25) is 0 Å². The molecule has 0 aromatic heterocycles. The molecule has 0 saturated heterocycles. The van der Waals surface area contributed by atoms with Gasteiger partial charge in [-0.2, -0.15) is 4.21 Å². The Kier molecular flexibility index (Phi) is 3.36. The lowest BCUT2D eigenvalue weighted by Crippen LogP contribution is -2.29. The number of nitrogens with two attached hydrogens (primary N) is 1. The second-order valence-corrected chi connectivity index (χ2v) is 2.01. The first-order valence-electron chi connectivity index (χ1n) is 2.12. The van der Waals surface area contributed by atoms with E-state index in [9.17, 15) is 9.00 Å². The molecule has 2 atom stereocenters. The molecule has 6 heteroatoms. The summed E-state index contributed by atoms with van der Waals surface area (Å²) < 4.78 is 21.4. The van der Waals surface area contributed by atoms with Gasteiger partial charge in [0.25, 0.3) is 0 Å². The van der Waals surface area contributed by atoms with Crippen molar-refractivity contribution in [3.05, 3.63) is 0 Å². The van der Waals surface area contributed by atoms with Crippen molar-refractivity contribution in [1.82, 2.24) is 0 Å². The summed E-state index contributed by atoms with van der Waals surface area (Å²) in [7, 11) is 0. The molecule has 9 heavy (non-hydrogen) atoms. The van der Waals surface area contributed by atoms with Crippen LogP contribution in [0.15, 0.2) is 0 Å². The topological polar surface area (TPSA) is 89.6 Å². The molecule has 0 aliphatic heterocycles. The van der Waals surface area contributed by atoms with Crippen LogP contribution < -0.4 is 5.73 Å². The Balaban J connectivity index is 3.64. The number of rotatable bonds is 2. The van der Waals surface area contributed by atoms with Gasteiger partial charge in [0.15, 0.2) is 0 Å². The van der Waals surface area contributed by atoms with Gasteiger partial charge in [-0.3, -0.25) is 4.55 Å². The van der Waals surface area contributed by atoms with Crippen molar-refractivity contribution in [2.45, 2.75) is 13.0 Å². The SMILES string of the molecule is CC(N)C(=O)OS(=O)O. The van der Waals surface area contributed by atoms with Crippen molar-refractivity contribution in [3.8, 4) is 0 Å². The summed E-state index contributed by atoms with van der Waals surface area (Å²) in [5.74, 6) is -0.893. The van der Waals surface area contributed by atoms with E-state index in [0.29, 0.717) is 0 Å². The summed E-state index contributed by atoms with van der Waals surface area (Å²) in [5.41, 5.74) is 4.96. The van der Waals surface area contributed by atoms with Gasteiger partial charge in [-0.1, -0.05) is 0 Å². The van der Waals surface area contributed by atoms with Gasteiger partial charge in [0.2, 0.25) is 0 Å². The van der Waals surface area contributed by atoms with Crippen LogP contribution in [0.5, 0.6) is 0 Å². The van der Waals surface area contributed by atoms with Crippen molar-refractivity contribution in [3.63, 3.8) is 0 Å². The van der Waals surface area contributed by atoms with Crippen LogP contribution in [0.4, 0.5) is 0 Å². The number of carbonyl (C=O) groups is 1. The fraction of sp³-hybridized carbons (Fsp3) is 0.667. The van der Waals surface area contributed by atoms with E-state index in [1.165, 1.54) is 6.92 Å². The van der Waals surface area contributed by atoms with E-state index >= 15 is 0 Å². The summed E-state index contributed by atoms with van der Waals surface area (Å²) in [6.45, 7) is 1.36. The van der Waals surface area contributed by atoms with Gasteiger partial charge in [-0.25, -0.2) is 4.79 Å². The average Bonchev–Trinajstić information content (AvgIpc) is 1.63. The van der Waals surface area contributed by atoms with Crippen LogP contribution in [-0.4, -0.2) is 20.8 Å². The monoisotopic (exact) mass is 153 g/mol. The van der Waals surface area contributed by atoms with Crippen LogP contribution in [-0.2, 0) is 20.3 Å². The molecule has 54 valence electrons. The third kappa shape index (κ3) is 4.07. The first kappa shape index (κ1) is 8.54. The molecule has 0 aromatic rings. The zero-order chi connectivity index (χ0) is 7.44. The van der Waals surface area contributed by atoms with Crippen LogP contribution in [0, 0.1) is 0 Å². The summed E-state index contributed by atoms with van der Waals surface area (Å²) in [6, 6.07) is -0.860. The quantitative estimate of drug-likeness (QED) is 0.497. The van der Waals surface area contributed by atoms with Gasteiger partial charge in [-0.05, 0) is 6.92 Å². The van der Waals surface area contributed by atoms with Crippen molar-refractivity contribution >= 4 is 17.3 Å². The normalized spacial score (nSPS) is 16.3. The number of carbonyl (C=O) groups excluding carboxylic acids is 1. The molecule has 0 radical (unpaired) electrons. The maximum atomic E-state index is 10.3. The second kappa shape index (κ2) is 3.54. The molecule has 0 bridgehead atoms. The maximum absolute atomic E-state index is 10.3. The molecule has 5 nitrogen and oxygen atoms in total. The Morgan fingerprint density at radius 1 is 1.89 bits per heavy atom. The predicted octanol–water partition coefficient (Wildman–Crippen LogP) is -0.987. The van der Waals surface area contributed by atoms with Crippen LogP contribution in [0.1, 0.15) is 6.92 Å². The smallest absolute Gasteiger partial charge is 0.342 e. The summed E-state index contributed by atoms with van der Waals surface area (Å²) in [4.78, 5) is 10.3. The Bertz CT molecular complexity index is 134. The molecule has 0 saturated carbocycles. The standard InChI is InChI=1S/C3H7NO4S/c1-2(4)3(5)8-9(6)7/h2H,4H2,1H3,(H,6,7). The van der Waals surface area contributed by atoms with Crippen molar-refractivity contribution in [1.29, 1.82) is 0 Å². The van der Waals surface area contributed by atoms with Crippen molar-refractivity contribution in [2.24, 2.45) is 5.73 Å². The van der Waals surface area contributed by atoms with E-state index in [2.05, 4.69) is 4.18 Å². The van der Waals surface area contributed by atoms with Crippen molar-refractivity contribution in [2.75, 3.05) is 0 Å². The molecule has 0 aliphatic rings. The average molecular weight is 153 g/mol. The minimum absolute atomic E-state index is 0.860. The Hall–Kier alpha value is -0.460. The van der Waals surface area contributed by atoms with Gasteiger partial charge in [0.1, 0.15) is 6.04 Å². The third-order valence-electron chi connectivity index (χ3n) is 0.525. The highest BCUT2D eigenvalue weighted by Gasteiger charge is 2.10. The summed E-state index contributed by atoms with van der Waals surface area (Å²) in [5, 5.41) is 0. The zero-order valence-corrected chi connectivity index (χ0v) is 5.55. The highest BCUT2D eigenvalue weighted by atomic mass is 32.2. The molecule has 0 aromatic carbocycles. The minimum Gasteiger partial charge on any atom is -0.342 e. The van der Waals surface area contributed by atoms with Gasteiger partial charge < -0.3 is 9.92 Å². The van der Waals surface area contributed by atoms with Crippen LogP contribution in [0.3, 0.4) is 0 Å². The summed E-state index contributed by atoms with van der Waals surface area (Å²) >= 11 is -2.55. The van der Waals surface area contributed by atoms with Crippen molar-refractivity contribution < 1.29 is 17.7 Å². The second-order valence-electron chi connectivity index (χ2n) is 1.41. The van der Waals surface area contributed by atoms with Gasteiger partial charge in [0.05, 0.1) is 0 Å². The highest BCUT2D eigenvalue weighted by Crippen LogP contribution is 1.85. The van der Waals surface area contributed by atoms with Gasteiger partial charge in [-0.15, -0.1) is 0 Å². The molecule has 0 heterocycles. The maximum Gasteiger partial charge on any atom is 0.360 e. The van der Waals surface area contributed by atoms with Crippen LogP contribution in [0.25, 0.3) is 0 Å². The lowest BCUT2D eigenvalue weighted by Gasteiger charge is -1.99. The molecular weight excluding hydrogens is 146 g/mol. The molecular formula is C3H7NO4S. The number of hydrogen-bond acceptors (Lipinski definition) is 4. The first-order valence-corrected chi connectivity index (χ1v) is 3.16. The summed E-state index contributed by atoms with van der Waals surface area (Å²) in [6.07, 6.45) is 0. The third-order valence-corrected chi connectivity index (χ3v) is 0.832. The van der Waals surface area contributed by atoms with E-state index in [4.69, 9.17) is 10.3 Å². The zero-order valence-electron chi connectivity index (χ0n) is 4.73. The molecule has 2 unspecified atom stereocenters. The molecule has 3 N–H and O–H groups in total. The van der Waals surface area contributed by atoms with E-state index in [0.717, 1.165) is 0 Å². The first-order chi connectivity index (χ1) is 4.04. The fourth-order valence-electron chi connectivity index (χ4n) is 0.146. The van der Waals surface area contributed by atoms with E-state index in [-0.39, 0.29) is 0 Å². The Morgan fingerprint density at radius 3 is 2.44 bits per heavy atom. The van der Waals surface area contributed by atoms with E-state index in [1.54, 1.807) is 0 Å². The lowest BCUT2D eigenvalue weighted by molar-refractivity contribution is -0.134. The molecule has 0 amide bonds. The fourth-order valence-corrected chi connectivity index (χ4v) is 0.438. The Labute approximate surface area is 54.7 Å². The predicted molar refractivity (Wildman–Crippen MR) is 30.5 cm³/mol. The minimum atomic E-state index is -2.55. The van der Waals surface area contributed by atoms with E-state index in [1.807, 2.05) is 0 Å². The Morgan fingerprint density at radius 2 is 2.33 bits per heavy atom.